The minimum absolute atomic E-state index is 0.0167. The highest BCUT2D eigenvalue weighted by molar-refractivity contribution is 5.94. The second-order valence-electron chi connectivity index (χ2n) is 9.50. The fraction of sp³-hybridized carbons (Fsp3) is 0.480. The van der Waals surface area contributed by atoms with Crippen molar-refractivity contribution in [1.29, 1.82) is 0 Å². The third-order valence-corrected chi connectivity index (χ3v) is 6.93. The molecule has 7 heteroatoms. The lowest BCUT2D eigenvalue weighted by Gasteiger charge is -2.39. The van der Waals surface area contributed by atoms with Crippen LogP contribution in [0.2, 0.25) is 0 Å². The first kappa shape index (κ1) is 20.8. The highest BCUT2D eigenvalue weighted by Crippen LogP contribution is 2.46. The van der Waals surface area contributed by atoms with Gasteiger partial charge in [-0.25, -0.2) is 0 Å². The summed E-state index contributed by atoms with van der Waals surface area (Å²) < 4.78 is 6.12. The van der Waals surface area contributed by atoms with Crippen LogP contribution in [-0.2, 0) is 9.59 Å². The second kappa shape index (κ2) is 8.45. The van der Waals surface area contributed by atoms with Crippen molar-refractivity contribution < 1.29 is 14.3 Å². The Morgan fingerprint density at radius 3 is 2.44 bits per heavy atom. The normalized spacial score (nSPS) is 20.4. The van der Waals surface area contributed by atoms with Crippen LogP contribution in [0.5, 0.6) is 5.75 Å². The molecule has 1 aliphatic carbocycles. The first-order chi connectivity index (χ1) is 15.5. The van der Waals surface area contributed by atoms with Gasteiger partial charge in [0.2, 0.25) is 11.8 Å². The molecule has 0 atom stereocenters. The summed E-state index contributed by atoms with van der Waals surface area (Å²) in [6.45, 7) is 5.02. The molecule has 0 radical (unpaired) electrons. The Labute approximate surface area is 188 Å². The first-order valence-corrected chi connectivity index (χ1v) is 11.5. The van der Waals surface area contributed by atoms with E-state index in [-0.39, 0.29) is 23.3 Å². The van der Waals surface area contributed by atoms with Crippen LogP contribution in [0.3, 0.4) is 0 Å². The van der Waals surface area contributed by atoms with Gasteiger partial charge in [-0.15, -0.1) is 0 Å². The van der Waals surface area contributed by atoms with Crippen LogP contribution in [0.25, 0.3) is 0 Å². The van der Waals surface area contributed by atoms with Crippen LogP contribution in [0.1, 0.15) is 32.6 Å². The lowest BCUT2D eigenvalue weighted by atomic mass is 9.98. The van der Waals surface area contributed by atoms with E-state index in [1.54, 1.807) is 6.20 Å². The van der Waals surface area contributed by atoms with E-state index in [0.29, 0.717) is 19.0 Å². The Bertz CT molecular complexity index is 960. The highest BCUT2D eigenvalue weighted by atomic mass is 16.5. The molecule has 3 fully saturated rings. The molecule has 7 nitrogen and oxygen atoms in total. The number of benzene rings is 1. The van der Waals surface area contributed by atoms with Crippen molar-refractivity contribution in [3.8, 4) is 5.75 Å². The molecular weight excluding hydrogens is 404 g/mol. The summed E-state index contributed by atoms with van der Waals surface area (Å²) in [6, 6.07) is 11.5. The summed E-state index contributed by atoms with van der Waals surface area (Å²) >= 11 is 0. The smallest absolute Gasteiger partial charge is 0.231 e. The Morgan fingerprint density at radius 2 is 1.81 bits per heavy atom. The quantitative estimate of drug-likeness (QED) is 0.755. The van der Waals surface area contributed by atoms with Gasteiger partial charge in [0.1, 0.15) is 11.9 Å². The van der Waals surface area contributed by atoms with E-state index in [9.17, 15) is 9.59 Å². The minimum Gasteiger partial charge on any atom is -0.490 e. The molecule has 168 valence electrons. The maximum absolute atomic E-state index is 12.5. The SMILES string of the molecule is CC1(C(=O)N2CCC(Oc3ccc(NC(=O)C4CN(c5cccnc5)C4)cc3)CC2)CC1. The summed E-state index contributed by atoms with van der Waals surface area (Å²) in [6.07, 6.45) is 7.45. The number of hydrogen-bond donors (Lipinski definition) is 1. The maximum atomic E-state index is 12.5. The highest BCUT2D eigenvalue weighted by Gasteiger charge is 2.47. The summed E-state index contributed by atoms with van der Waals surface area (Å²) in [5.41, 5.74) is 1.74. The lowest BCUT2D eigenvalue weighted by molar-refractivity contribution is -0.138. The van der Waals surface area contributed by atoms with Crippen LogP contribution >= 0.6 is 0 Å². The average molecular weight is 435 g/mol. The van der Waals surface area contributed by atoms with Gasteiger partial charge in [0.05, 0.1) is 17.8 Å². The molecule has 3 aliphatic rings. The Kier molecular flexibility index (Phi) is 5.49. The number of anilines is 2. The van der Waals surface area contributed by atoms with E-state index in [0.717, 1.165) is 55.9 Å². The fourth-order valence-corrected chi connectivity index (χ4v) is 4.41. The van der Waals surface area contributed by atoms with Gasteiger partial charge in [-0.1, -0.05) is 6.92 Å². The number of nitrogens with one attached hydrogen (secondary N) is 1. The molecule has 0 bridgehead atoms. The molecule has 2 aromatic rings. The van der Waals surface area contributed by atoms with E-state index in [1.807, 2.05) is 47.5 Å². The number of ether oxygens (including phenoxy) is 1. The number of nitrogens with zero attached hydrogens (tertiary/aromatic N) is 3. The predicted octanol–water partition coefficient (Wildman–Crippen LogP) is 3.33. The van der Waals surface area contributed by atoms with Crippen LogP contribution in [0.4, 0.5) is 11.4 Å². The number of likely N-dealkylation sites (tertiary alicyclic amines) is 1. The molecule has 3 heterocycles. The number of rotatable bonds is 6. The fourth-order valence-electron chi connectivity index (χ4n) is 4.41. The van der Waals surface area contributed by atoms with Gasteiger partial charge < -0.3 is 19.9 Å². The van der Waals surface area contributed by atoms with Crippen LogP contribution in [0, 0.1) is 11.3 Å². The van der Waals surface area contributed by atoms with Crippen molar-refractivity contribution in [3.05, 3.63) is 48.8 Å². The van der Waals surface area contributed by atoms with Gasteiger partial charge in [0.25, 0.3) is 0 Å². The number of carbonyl (C=O) groups is 2. The van der Waals surface area contributed by atoms with Gasteiger partial charge in [-0.05, 0) is 49.2 Å². The van der Waals surface area contributed by atoms with Crippen molar-refractivity contribution in [2.24, 2.45) is 11.3 Å². The maximum Gasteiger partial charge on any atom is 0.231 e. The topological polar surface area (TPSA) is 74.8 Å². The zero-order valence-electron chi connectivity index (χ0n) is 18.5. The van der Waals surface area contributed by atoms with Crippen molar-refractivity contribution in [3.63, 3.8) is 0 Å². The van der Waals surface area contributed by atoms with E-state index >= 15 is 0 Å². The van der Waals surface area contributed by atoms with Crippen molar-refractivity contribution in [2.75, 3.05) is 36.4 Å². The molecule has 0 spiro atoms. The van der Waals surface area contributed by atoms with Crippen LogP contribution in [-0.4, -0.2) is 54.0 Å². The molecule has 0 unspecified atom stereocenters. The number of carbonyl (C=O) groups excluding carboxylic acids is 2. The zero-order valence-corrected chi connectivity index (χ0v) is 18.5. The molecule has 2 saturated heterocycles. The van der Waals surface area contributed by atoms with E-state index in [2.05, 4.69) is 22.1 Å². The van der Waals surface area contributed by atoms with Crippen molar-refractivity contribution >= 4 is 23.2 Å². The lowest BCUT2D eigenvalue weighted by Crippen LogP contribution is -2.52. The average Bonchev–Trinajstić information content (AvgIpc) is 3.53. The molecule has 1 N–H and O–H groups in total. The summed E-state index contributed by atoms with van der Waals surface area (Å²) in [7, 11) is 0. The minimum atomic E-state index is -0.0928. The Hall–Kier alpha value is -3.09. The Balaban J connectivity index is 1.06. The standard InChI is InChI=1S/C25H30N4O3/c1-25(10-11-25)24(31)28-13-8-22(9-14-28)32-21-6-4-19(5-7-21)27-23(30)18-16-29(17-18)20-3-2-12-26-15-20/h2-7,12,15,18,22H,8-11,13-14,16-17H2,1H3,(H,27,30). The summed E-state index contributed by atoms with van der Waals surface area (Å²) in [5, 5.41) is 3.00. The van der Waals surface area contributed by atoms with Gasteiger partial charge >= 0.3 is 0 Å². The summed E-state index contributed by atoms with van der Waals surface area (Å²) in [5.74, 6) is 1.14. The van der Waals surface area contributed by atoms with Crippen molar-refractivity contribution in [1.82, 2.24) is 9.88 Å². The predicted molar refractivity (Wildman–Crippen MR) is 123 cm³/mol. The third-order valence-electron chi connectivity index (χ3n) is 6.93. The first-order valence-electron chi connectivity index (χ1n) is 11.5. The van der Waals surface area contributed by atoms with Crippen LogP contribution < -0.4 is 15.0 Å². The van der Waals surface area contributed by atoms with Crippen LogP contribution in [0.15, 0.2) is 48.8 Å². The monoisotopic (exact) mass is 434 g/mol. The number of amides is 2. The van der Waals surface area contributed by atoms with E-state index in [4.69, 9.17) is 4.74 Å². The van der Waals surface area contributed by atoms with E-state index in [1.165, 1.54) is 0 Å². The third kappa shape index (κ3) is 4.42. The number of aromatic nitrogens is 1. The van der Waals surface area contributed by atoms with E-state index < -0.39 is 0 Å². The number of piperidine rings is 1. The number of pyridine rings is 1. The van der Waals surface area contributed by atoms with Gasteiger partial charge in [-0.2, -0.15) is 0 Å². The molecule has 1 saturated carbocycles. The second-order valence-corrected chi connectivity index (χ2v) is 9.50. The Morgan fingerprint density at radius 1 is 1.09 bits per heavy atom. The molecule has 1 aromatic carbocycles. The number of hydrogen-bond acceptors (Lipinski definition) is 5. The van der Waals surface area contributed by atoms with Gasteiger partial charge in [0, 0.05) is 56.3 Å². The molecule has 2 amide bonds. The zero-order chi connectivity index (χ0) is 22.1. The molecule has 2 aliphatic heterocycles. The van der Waals surface area contributed by atoms with Crippen molar-refractivity contribution in [2.45, 2.75) is 38.7 Å². The van der Waals surface area contributed by atoms with Gasteiger partial charge in [0.15, 0.2) is 0 Å². The largest absolute Gasteiger partial charge is 0.490 e. The molecule has 5 rings (SSSR count). The molecule has 1 aromatic heterocycles. The molecule has 32 heavy (non-hydrogen) atoms. The summed E-state index contributed by atoms with van der Waals surface area (Å²) in [4.78, 5) is 33.3. The molecular formula is C25H30N4O3. The van der Waals surface area contributed by atoms with Gasteiger partial charge in [-0.3, -0.25) is 14.6 Å².